The van der Waals surface area contributed by atoms with E-state index in [1.54, 1.807) is 26.0 Å². The Balaban J connectivity index is 2.52. The van der Waals surface area contributed by atoms with Gasteiger partial charge in [0.1, 0.15) is 6.54 Å². The fourth-order valence-electron chi connectivity index (χ4n) is 2.13. The predicted octanol–water partition coefficient (Wildman–Crippen LogP) is 4.90. The molecule has 2 aromatic carbocycles. The summed E-state index contributed by atoms with van der Waals surface area (Å²) in [7, 11) is -4.06. The molecule has 2 aromatic rings. The first-order chi connectivity index (χ1) is 12.1. The van der Waals surface area contributed by atoms with Gasteiger partial charge in [-0.3, -0.25) is 9.10 Å². The van der Waals surface area contributed by atoms with E-state index in [0.29, 0.717) is 9.50 Å². The molecule has 0 radical (unpaired) electrons. The Kier molecular flexibility index (Phi) is 6.96. The second kappa shape index (κ2) is 8.61. The fraction of sp³-hybridized carbons (Fsp3) is 0.235. The highest BCUT2D eigenvalue weighted by atomic mass is 79.9. The normalized spacial score (nSPS) is 11.5. The summed E-state index contributed by atoms with van der Waals surface area (Å²) in [5, 5.41) is 0.575. The maximum Gasteiger partial charge on any atom is 0.327 e. The summed E-state index contributed by atoms with van der Waals surface area (Å²) in [6.45, 7) is 2.86. The van der Waals surface area contributed by atoms with Crippen molar-refractivity contribution in [2.24, 2.45) is 0 Å². The van der Waals surface area contributed by atoms with Gasteiger partial charge in [0.15, 0.2) is 0 Å². The summed E-state index contributed by atoms with van der Waals surface area (Å²) in [6.07, 6.45) is -0.372. The third-order valence-corrected chi connectivity index (χ3v) is 6.04. The highest BCUT2D eigenvalue weighted by Crippen LogP contribution is 2.33. The van der Waals surface area contributed by atoms with Crippen molar-refractivity contribution in [1.82, 2.24) is 0 Å². The van der Waals surface area contributed by atoms with Gasteiger partial charge in [0, 0.05) is 9.50 Å². The molecule has 0 saturated carbocycles. The molecule has 0 atom stereocenters. The molecule has 0 saturated heterocycles. The Labute approximate surface area is 171 Å². The van der Waals surface area contributed by atoms with Gasteiger partial charge in [0.25, 0.3) is 10.0 Å². The summed E-state index contributed by atoms with van der Waals surface area (Å²) >= 11 is 15.3. The lowest BCUT2D eigenvalue weighted by molar-refractivity contribution is -0.145. The fourth-order valence-corrected chi connectivity index (χ4v) is 4.51. The largest absolute Gasteiger partial charge is 0.462 e. The molecule has 0 aliphatic heterocycles. The highest BCUT2D eigenvalue weighted by molar-refractivity contribution is 9.10. The highest BCUT2D eigenvalue weighted by Gasteiger charge is 2.29. The Bertz CT molecular complexity index is 901. The van der Waals surface area contributed by atoms with Gasteiger partial charge in [-0.25, -0.2) is 8.42 Å². The average Bonchev–Trinajstić information content (AvgIpc) is 2.53. The van der Waals surface area contributed by atoms with Crippen molar-refractivity contribution in [2.45, 2.75) is 24.8 Å². The van der Waals surface area contributed by atoms with E-state index in [1.165, 1.54) is 30.3 Å². The van der Waals surface area contributed by atoms with Crippen molar-refractivity contribution in [3.8, 4) is 0 Å². The average molecular weight is 481 g/mol. The van der Waals surface area contributed by atoms with E-state index in [0.717, 1.165) is 4.31 Å². The van der Waals surface area contributed by atoms with Crippen molar-refractivity contribution in [3.05, 3.63) is 57.0 Å². The maximum absolute atomic E-state index is 13.1. The molecule has 140 valence electrons. The number of anilines is 1. The van der Waals surface area contributed by atoms with E-state index in [4.69, 9.17) is 27.9 Å². The number of rotatable bonds is 6. The van der Waals surface area contributed by atoms with Gasteiger partial charge in [0.05, 0.1) is 21.7 Å². The number of halogens is 3. The molecule has 0 amide bonds. The van der Waals surface area contributed by atoms with Gasteiger partial charge in [-0.2, -0.15) is 0 Å². The number of carbonyl (C=O) groups is 1. The molecule has 0 N–H and O–H groups in total. The molecule has 0 unspecified atom stereocenters. The minimum absolute atomic E-state index is 0.0155. The number of hydrogen-bond donors (Lipinski definition) is 0. The second-order valence-corrected chi connectivity index (χ2v) is 9.22. The second-order valence-electron chi connectivity index (χ2n) is 5.60. The first-order valence-electron chi connectivity index (χ1n) is 7.54. The maximum atomic E-state index is 13.1. The topological polar surface area (TPSA) is 63.7 Å². The van der Waals surface area contributed by atoms with Crippen LogP contribution in [0.1, 0.15) is 13.8 Å². The first kappa shape index (κ1) is 21.0. The summed E-state index contributed by atoms with van der Waals surface area (Å²) in [4.78, 5) is 12.1. The van der Waals surface area contributed by atoms with E-state index in [-0.39, 0.29) is 21.7 Å². The van der Waals surface area contributed by atoms with Gasteiger partial charge < -0.3 is 4.74 Å². The van der Waals surface area contributed by atoms with Crippen molar-refractivity contribution >= 4 is 60.8 Å². The van der Waals surface area contributed by atoms with E-state index in [9.17, 15) is 13.2 Å². The van der Waals surface area contributed by atoms with E-state index >= 15 is 0 Å². The van der Waals surface area contributed by atoms with Crippen LogP contribution in [0, 0.1) is 0 Å². The summed E-state index contributed by atoms with van der Waals surface area (Å²) in [5.41, 5.74) is 0.172. The van der Waals surface area contributed by atoms with Crippen molar-refractivity contribution in [1.29, 1.82) is 0 Å². The van der Waals surface area contributed by atoms with Crippen molar-refractivity contribution in [2.75, 3.05) is 10.8 Å². The summed E-state index contributed by atoms with van der Waals surface area (Å²) < 4.78 is 32.9. The number of nitrogens with zero attached hydrogens (tertiary/aromatic N) is 1. The van der Waals surface area contributed by atoms with Crippen LogP contribution in [0.15, 0.2) is 51.8 Å². The molecule has 0 aliphatic rings. The van der Waals surface area contributed by atoms with E-state index < -0.39 is 22.5 Å². The van der Waals surface area contributed by atoms with Gasteiger partial charge in [0.2, 0.25) is 0 Å². The molecule has 0 fully saturated rings. The van der Waals surface area contributed by atoms with Gasteiger partial charge in [-0.1, -0.05) is 39.1 Å². The van der Waals surface area contributed by atoms with Gasteiger partial charge in [-0.05, 0) is 56.3 Å². The minimum Gasteiger partial charge on any atom is -0.462 e. The van der Waals surface area contributed by atoms with Crippen LogP contribution in [0.25, 0.3) is 0 Å². The molecule has 0 aromatic heterocycles. The lowest BCUT2D eigenvalue weighted by Crippen LogP contribution is -2.37. The zero-order chi connectivity index (χ0) is 19.5. The predicted molar refractivity (Wildman–Crippen MR) is 106 cm³/mol. The molecular weight excluding hydrogens is 465 g/mol. The van der Waals surface area contributed by atoms with Gasteiger partial charge in [-0.15, -0.1) is 0 Å². The Hall–Kier alpha value is -1.28. The monoisotopic (exact) mass is 479 g/mol. The lowest BCUT2D eigenvalue weighted by Gasteiger charge is -2.25. The zero-order valence-electron chi connectivity index (χ0n) is 13.9. The molecule has 9 heteroatoms. The molecule has 5 nitrogen and oxygen atoms in total. The van der Waals surface area contributed by atoms with Crippen LogP contribution in [0.3, 0.4) is 0 Å². The van der Waals surface area contributed by atoms with Crippen LogP contribution in [-0.4, -0.2) is 27.0 Å². The number of ether oxygens (including phenoxy) is 1. The molecule has 0 bridgehead atoms. The number of carbonyl (C=O) groups excluding carboxylic acids is 1. The molecule has 0 spiro atoms. The Morgan fingerprint density at radius 3 is 2.31 bits per heavy atom. The van der Waals surface area contributed by atoms with E-state index in [2.05, 4.69) is 15.9 Å². The number of benzene rings is 2. The smallest absolute Gasteiger partial charge is 0.327 e. The van der Waals surface area contributed by atoms with Gasteiger partial charge >= 0.3 is 5.97 Å². The number of sulfonamides is 1. The quantitative estimate of drug-likeness (QED) is 0.551. The standard InChI is InChI=1S/C17H16BrCl2NO4S/c1-11(2)25-17(22)10-21(16-8-3-12(18)9-15(16)20)26(23,24)14-6-4-13(19)5-7-14/h3-9,11H,10H2,1-2H3. The molecule has 26 heavy (non-hydrogen) atoms. The zero-order valence-corrected chi connectivity index (χ0v) is 17.9. The van der Waals surface area contributed by atoms with Crippen LogP contribution >= 0.6 is 39.1 Å². The Morgan fingerprint density at radius 1 is 1.15 bits per heavy atom. The number of esters is 1. The molecular formula is C17H16BrCl2NO4S. The van der Waals surface area contributed by atoms with Crippen molar-refractivity contribution in [3.63, 3.8) is 0 Å². The van der Waals surface area contributed by atoms with Crippen LogP contribution in [0.4, 0.5) is 5.69 Å². The van der Waals surface area contributed by atoms with Crippen LogP contribution < -0.4 is 4.31 Å². The lowest BCUT2D eigenvalue weighted by atomic mass is 10.3. The van der Waals surface area contributed by atoms with Crippen LogP contribution in [-0.2, 0) is 19.6 Å². The van der Waals surface area contributed by atoms with Crippen LogP contribution in [0.2, 0.25) is 10.0 Å². The third kappa shape index (κ3) is 5.13. The first-order valence-corrected chi connectivity index (χ1v) is 10.5. The SMILES string of the molecule is CC(C)OC(=O)CN(c1ccc(Br)cc1Cl)S(=O)(=O)c1ccc(Cl)cc1. The molecule has 0 aliphatic carbocycles. The summed E-state index contributed by atoms with van der Waals surface area (Å²) in [5.74, 6) is -0.684. The number of hydrogen-bond acceptors (Lipinski definition) is 4. The summed E-state index contributed by atoms with van der Waals surface area (Å²) in [6, 6.07) is 10.4. The molecule has 2 rings (SSSR count). The molecule has 0 heterocycles. The minimum atomic E-state index is -4.06. The Morgan fingerprint density at radius 2 is 1.77 bits per heavy atom. The third-order valence-electron chi connectivity index (χ3n) is 3.22. The van der Waals surface area contributed by atoms with Crippen LogP contribution in [0.5, 0.6) is 0 Å². The van der Waals surface area contributed by atoms with E-state index in [1.807, 2.05) is 0 Å². The van der Waals surface area contributed by atoms with Crippen molar-refractivity contribution < 1.29 is 17.9 Å².